The standard InChI is InChI=1S/C23H24FN3O2/c24-20-9-1-16(2-10-20)13-14-26-22(28)18-5-7-19(8-6-18)23(29)27-21-11-3-17(15-25)4-12-21/h1-4,9-12,18-19H,5-8,13-14H2,(H,26,28)(H,27,29). The summed E-state index contributed by atoms with van der Waals surface area (Å²) in [6, 6.07) is 15.1. The van der Waals surface area contributed by atoms with E-state index in [1.807, 2.05) is 6.07 Å². The van der Waals surface area contributed by atoms with Gasteiger partial charge in [0, 0.05) is 24.1 Å². The zero-order valence-electron chi connectivity index (χ0n) is 16.2. The van der Waals surface area contributed by atoms with Gasteiger partial charge in [-0.2, -0.15) is 5.26 Å². The average Bonchev–Trinajstić information content (AvgIpc) is 2.75. The minimum atomic E-state index is -0.266. The predicted octanol–water partition coefficient (Wildman–Crippen LogP) is 3.80. The van der Waals surface area contributed by atoms with Crippen molar-refractivity contribution in [3.05, 3.63) is 65.5 Å². The number of halogens is 1. The summed E-state index contributed by atoms with van der Waals surface area (Å²) in [5.74, 6) is -0.447. The number of anilines is 1. The van der Waals surface area contributed by atoms with Crippen LogP contribution in [-0.2, 0) is 16.0 Å². The molecule has 0 radical (unpaired) electrons. The van der Waals surface area contributed by atoms with Crippen LogP contribution in [0.5, 0.6) is 0 Å². The molecular weight excluding hydrogens is 369 g/mol. The first kappa shape index (κ1) is 20.5. The quantitative estimate of drug-likeness (QED) is 0.783. The zero-order valence-corrected chi connectivity index (χ0v) is 16.2. The summed E-state index contributed by atoms with van der Waals surface area (Å²) in [5.41, 5.74) is 2.21. The minimum Gasteiger partial charge on any atom is -0.356 e. The van der Waals surface area contributed by atoms with E-state index in [0.717, 1.165) is 5.56 Å². The number of rotatable bonds is 6. The Morgan fingerprint density at radius 3 is 2.10 bits per heavy atom. The molecule has 0 saturated heterocycles. The Labute approximate surface area is 169 Å². The molecule has 6 heteroatoms. The molecule has 0 spiro atoms. The van der Waals surface area contributed by atoms with E-state index >= 15 is 0 Å². The molecule has 29 heavy (non-hydrogen) atoms. The summed E-state index contributed by atoms with van der Waals surface area (Å²) in [6.07, 6.45) is 3.40. The van der Waals surface area contributed by atoms with E-state index in [9.17, 15) is 14.0 Å². The normalized spacial score (nSPS) is 18.5. The van der Waals surface area contributed by atoms with Crippen LogP contribution in [0.2, 0.25) is 0 Å². The van der Waals surface area contributed by atoms with Crippen LogP contribution in [-0.4, -0.2) is 18.4 Å². The van der Waals surface area contributed by atoms with Gasteiger partial charge in [-0.3, -0.25) is 9.59 Å². The molecule has 1 aliphatic rings. The number of nitriles is 1. The third-order valence-electron chi connectivity index (χ3n) is 5.38. The molecule has 0 aromatic heterocycles. The molecule has 2 amide bonds. The van der Waals surface area contributed by atoms with Crippen molar-refractivity contribution in [1.29, 1.82) is 5.26 Å². The Hall–Kier alpha value is -3.20. The van der Waals surface area contributed by atoms with E-state index in [4.69, 9.17) is 5.26 Å². The van der Waals surface area contributed by atoms with Gasteiger partial charge in [-0.25, -0.2) is 4.39 Å². The van der Waals surface area contributed by atoms with Crippen LogP contribution in [0.4, 0.5) is 10.1 Å². The minimum absolute atomic E-state index is 0.0260. The second-order valence-corrected chi connectivity index (χ2v) is 7.39. The first-order valence-corrected chi connectivity index (χ1v) is 9.88. The highest BCUT2D eigenvalue weighted by Gasteiger charge is 2.29. The fourth-order valence-corrected chi connectivity index (χ4v) is 3.62. The van der Waals surface area contributed by atoms with Crippen LogP contribution in [0.15, 0.2) is 48.5 Å². The highest BCUT2D eigenvalue weighted by Crippen LogP contribution is 2.30. The van der Waals surface area contributed by atoms with Crippen molar-refractivity contribution in [2.45, 2.75) is 32.1 Å². The SMILES string of the molecule is N#Cc1ccc(NC(=O)C2CCC(C(=O)NCCc3ccc(F)cc3)CC2)cc1. The van der Waals surface area contributed by atoms with Gasteiger partial charge in [0.2, 0.25) is 11.8 Å². The third kappa shape index (κ3) is 5.89. The van der Waals surface area contributed by atoms with Crippen LogP contribution in [0.1, 0.15) is 36.8 Å². The number of amides is 2. The van der Waals surface area contributed by atoms with Gasteiger partial charge in [0.1, 0.15) is 5.82 Å². The number of nitrogens with zero attached hydrogens (tertiary/aromatic N) is 1. The Balaban J connectivity index is 1.39. The highest BCUT2D eigenvalue weighted by atomic mass is 19.1. The summed E-state index contributed by atoms with van der Waals surface area (Å²) in [5, 5.41) is 14.7. The summed E-state index contributed by atoms with van der Waals surface area (Å²) >= 11 is 0. The number of nitrogens with one attached hydrogen (secondary N) is 2. The Morgan fingerprint density at radius 2 is 1.52 bits per heavy atom. The molecule has 1 fully saturated rings. The largest absolute Gasteiger partial charge is 0.356 e. The summed E-state index contributed by atoms with van der Waals surface area (Å²) in [7, 11) is 0. The van der Waals surface area contributed by atoms with Crippen molar-refractivity contribution in [1.82, 2.24) is 5.32 Å². The van der Waals surface area contributed by atoms with Crippen LogP contribution >= 0.6 is 0 Å². The number of hydrogen-bond acceptors (Lipinski definition) is 3. The van der Waals surface area contributed by atoms with E-state index in [0.29, 0.717) is 49.9 Å². The number of carbonyl (C=O) groups is 2. The second kappa shape index (κ2) is 9.83. The summed E-state index contributed by atoms with van der Waals surface area (Å²) in [6.45, 7) is 0.517. The van der Waals surface area contributed by atoms with Gasteiger partial charge in [-0.15, -0.1) is 0 Å². The fourth-order valence-electron chi connectivity index (χ4n) is 3.62. The van der Waals surface area contributed by atoms with E-state index in [1.54, 1.807) is 36.4 Å². The third-order valence-corrected chi connectivity index (χ3v) is 5.38. The summed E-state index contributed by atoms with van der Waals surface area (Å²) < 4.78 is 12.9. The van der Waals surface area contributed by atoms with Crippen LogP contribution in [0, 0.1) is 29.0 Å². The van der Waals surface area contributed by atoms with E-state index in [1.165, 1.54) is 12.1 Å². The molecule has 2 aromatic rings. The molecule has 0 heterocycles. The Kier molecular flexibility index (Phi) is 6.96. The molecule has 0 unspecified atom stereocenters. The molecule has 1 aliphatic carbocycles. The van der Waals surface area contributed by atoms with Gasteiger partial charge in [0.05, 0.1) is 11.6 Å². The predicted molar refractivity (Wildman–Crippen MR) is 108 cm³/mol. The van der Waals surface area contributed by atoms with Gasteiger partial charge in [-0.05, 0) is 74.1 Å². The molecule has 0 bridgehead atoms. The maximum Gasteiger partial charge on any atom is 0.227 e. The molecule has 1 saturated carbocycles. The van der Waals surface area contributed by atoms with Crippen molar-refractivity contribution in [2.24, 2.45) is 11.8 Å². The van der Waals surface area contributed by atoms with E-state index < -0.39 is 0 Å². The Morgan fingerprint density at radius 1 is 0.931 bits per heavy atom. The first-order valence-electron chi connectivity index (χ1n) is 9.88. The second-order valence-electron chi connectivity index (χ2n) is 7.39. The van der Waals surface area contributed by atoms with E-state index in [-0.39, 0.29) is 29.5 Å². The number of benzene rings is 2. The zero-order chi connectivity index (χ0) is 20.6. The lowest BCUT2D eigenvalue weighted by molar-refractivity contribution is -0.128. The van der Waals surface area contributed by atoms with E-state index in [2.05, 4.69) is 10.6 Å². The molecule has 0 aliphatic heterocycles. The molecule has 5 nitrogen and oxygen atoms in total. The van der Waals surface area contributed by atoms with Gasteiger partial charge < -0.3 is 10.6 Å². The topological polar surface area (TPSA) is 82.0 Å². The molecule has 2 aromatic carbocycles. The van der Waals surface area contributed by atoms with Gasteiger partial charge in [0.25, 0.3) is 0 Å². The Bertz CT molecular complexity index is 880. The average molecular weight is 393 g/mol. The lowest BCUT2D eigenvalue weighted by Gasteiger charge is -2.27. The number of hydrogen-bond donors (Lipinski definition) is 2. The molecule has 150 valence electrons. The maximum absolute atomic E-state index is 12.9. The lowest BCUT2D eigenvalue weighted by atomic mass is 9.81. The van der Waals surface area contributed by atoms with Crippen LogP contribution in [0.3, 0.4) is 0 Å². The fraction of sp³-hybridized carbons (Fsp3) is 0.348. The van der Waals surface area contributed by atoms with Gasteiger partial charge in [-0.1, -0.05) is 12.1 Å². The van der Waals surface area contributed by atoms with Crippen LogP contribution in [0.25, 0.3) is 0 Å². The summed E-state index contributed by atoms with van der Waals surface area (Å²) in [4.78, 5) is 24.8. The monoisotopic (exact) mass is 393 g/mol. The highest BCUT2D eigenvalue weighted by molar-refractivity contribution is 5.92. The van der Waals surface area contributed by atoms with Crippen molar-refractivity contribution < 1.29 is 14.0 Å². The molecule has 0 atom stereocenters. The van der Waals surface area contributed by atoms with Crippen molar-refractivity contribution >= 4 is 17.5 Å². The smallest absolute Gasteiger partial charge is 0.227 e. The lowest BCUT2D eigenvalue weighted by Crippen LogP contribution is -2.36. The molecular formula is C23H24FN3O2. The maximum atomic E-state index is 12.9. The molecule has 2 N–H and O–H groups in total. The first-order chi connectivity index (χ1) is 14.0. The van der Waals surface area contributed by atoms with Gasteiger partial charge in [0.15, 0.2) is 0 Å². The van der Waals surface area contributed by atoms with Gasteiger partial charge >= 0.3 is 0 Å². The van der Waals surface area contributed by atoms with Crippen molar-refractivity contribution in [3.8, 4) is 6.07 Å². The van der Waals surface area contributed by atoms with Crippen LogP contribution < -0.4 is 10.6 Å². The molecule has 3 rings (SSSR count). The van der Waals surface area contributed by atoms with Crippen molar-refractivity contribution in [2.75, 3.05) is 11.9 Å². The number of carbonyl (C=O) groups excluding carboxylic acids is 2. The van der Waals surface area contributed by atoms with Crippen molar-refractivity contribution in [3.63, 3.8) is 0 Å².